The van der Waals surface area contributed by atoms with E-state index in [9.17, 15) is 14.0 Å². The van der Waals surface area contributed by atoms with Crippen molar-refractivity contribution in [3.05, 3.63) is 66.0 Å². The van der Waals surface area contributed by atoms with Gasteiger partial charge in [0, 0.05) is 24.7 Å². The molecule has 0 radical (unpaired) electrons. The van der Waals surface area contributed by atoms with Crippen molar-refractivity contribution in [1.29, 1.82) is 0 Å². The van der Waals surface area contributed by atoms with Crippen LogP contribution in [-0.4, -0.2) is 30.6 Å². The highest BCUT2D eigenvalue weighted by Gasteiger charge is 2.31. The fourth-order valence-corrected chi connectivity index (χ4v) is 3.25. The highest BCUT2D eigenvalue weighted by molar-refractivity contribution is 5.96. The SMILES string of the molecule is C[C@@H](CCc1ccccc1)NC(=O)N[C@H]1CC(=O)N(c2cccc(F)c2)C1. The summed E-state index contributed by atoms with van der Waals surface area (Å²) in [4.78, 5) is 25.9. The van der Waals surface area contributed by atoms with Crippen molar-refractivity contribution in [3.8, 4) is 0 Å². The van der Waals surface area contributed by atoms with Crippen LogP contribution in [0.1, 0.15) is 25.3 Å². The molecular formula is C21H24FN3O2. The lowest BCUT2D eigenvalue weighted by molar-refractivity contribution is -0.117. The second-order valence-corrected chi connectivity index (χ2v) is 6.93. The van der Waals surface area contributed by atoms with Crippen LogP contribution in [0.4, 0.5) is 14.9 Å². The lowest BCUT2D eigenvalue weighted by Crippen LogP contribution is -2.46. The van der Waals surface area contributed by atoms with E-state index in [0.717, 1.165) is 12.8 Å². The zero-order valence-corrected chi connectivity index (χ0v) is 15.3. The van der Waals surface area contributed by atoms with Crippen LogP contribution in [0.3, 0.4) is 0 Å². The van der Waals surface area contributed by atoms with Crippen molar-refractivity contribution in [3.63, 3.8) is 0 Å². The molecule has 1 aliphatic rings. The van der Waals surface area contributed by atoms with Crippen molar-refractivity contribution in [2.45, 2.75) is 38.3 Å². The number of carbonyl (C=O) groups excluding carboxylic acids is 2. The number of benzene rings is 2. The molecule has 0 spiro atoms. The van der Waals surface area contributed by atoms with Crippen LogP contribution in [0.2, 0.25) is 0 Å². The molecule has 0 aromatic heterocycles. The van der Waals surface area contributed by atoms with E-state index in [1.807, 2.05) is 25.1 Å². The van der Waals surface area contributed by atoms with Crippen LogP contribution in [-0.2, 0) is 11.2 Å². The Morgan fingerprint density at radius 3 is 2.74 bits per heavy atom. The third-order valence-electron chi connectivity index (χ3n) is 4.67. The number of rotatable bonds is 6. The summed E-state index contributed by atoms with van der Waals surface area (Å²) in [6.45, 7) is 2.30. The molecule has 142 valence electrons. The summed E-state index contributed by atoms with van der Waals surface area (Å²) in [5.74, 6) is -0.510. The fourth-order valence-electron chi connectivity index (χ4n) is 3.25. The van der Waals surface area contributed by atoms with Crippen molar-refractivity contribution in [2.24, 2.45) is 0 Å². The van der Waals surface area contributed by atoms with Crippen LogP contribution in [0, 0.1) is 5.82 Å². The maximum Gasteiger partial charge on any atom is 0.315 e. The van der Waals surface area contributed by atoms with Gasteiger partial charge in [-0.05, 0) is 43.5 Å². The molecule has 6 heteroatoms. The average Bonchev–Trinajstić information content (AvgIpc) is 3.01. The monoisotopic (exact) mass is 369 g/mol. The predicted octanol–water partition coefficient (Wildman–Crippen LogP) is 3.25. The number of urea groups is 1. The molecule has 2 N–H and O–H groups in total. The number of nitrogens with one attached hydrogen (secondary N) is 2. The zero-order valence-electron chi connectivity index (χ0n) is 15.3. The molecule has 2 aromatic carbocycles. The number of halogens is 1. The van der Waals surface area contributed by atoms with Crippen molar-refractivity contribution in [1.82, 2.24) is 10.6 Å². The van der Waals surface area contributed by atoms with E-state index in [1.54, 1.807) is 12.1 Å². The molecule has 2 atom stereocenters. The summed E-state index contributed by atoms with van der Waals surface area (Å²) in [5.41, 5.74) is 1.75. The topological polar surface area (TPSA) is 61.4 Å². The minimum Gasteiger partial charge on any atom is -0.336 e. The number of aryl methyl sites for hydroxylation is 1. The minimum absolute atomic E-state index is 0.0154. The highest BCUT2D eigenvalue weighted by Crippen LogP contribution is 2.22. The van der Waals surface area contributed by atoms with E-state index in [-0.39, 0.29) is 36.3 Å². The summed E-state index contributed by atoms with van der Waals surface area (Å²) in [5, 5.41) is 5.76. The lowest BCUT2D eigenvalue weighted by atomic mass is 10.1. The van der Waals surface area contributed by atoms with Crippen molar-refractivity contribution in [2.75, 3.05) is 11.4 Å². The van der Waals surface area contributed by atoms with Crippen LogP contribution in [0.15, 0.2) is 54.6 Å². The van der Waals surface area contributed by atoms with Gasteiger partial charge in [-0.2, -0.15) is 0 Å². The van der Waals surface area contributed by atoms with Gasteiger partial charge in [0.15, 0.2) is 0 Å². The molecule has 3 rings (SSSR count). The Kier molecular flexibility index (Phi) is 6.06. The van der Waals surface area contributed by atoms with Gasteiger partial charge in [-0.25, -0.2) is 9.18 Å². The van der Waals surface area contributed by atoms with Crippen molar-refractivity contribution < 1.29 is 14.0 Å². The number of hydrogen-bond donors (Lipinski definition) is 2. The molecule has 1 saturated heterocycles. The summed E-state index contributed by atoms with van der Waals surface area (Å²) in [6.07, 6.45) is 1.93. The second-order valence-electron chi connectivity index (χ2n) is 6.93. The average molecular weight is 369 g/mol. The highest BCUT2D eigenvalue weighted by atomic mass is 19.1. The zero-order chi connectivity index (χ0) is 19.2. The van der Waals surface area contributed by atoms with E-state index >= 15 is 0 Å². The quantitative estimate of drug-likeness (QED) is 0.821. The molecule has 5 nitrogen and oxygen atoms in total. The fraction of sp³-hybridized carbons (Fsp3) is 0.333. The summed E-state index contributed by atoms with van der Waals surface area (Å²) >= 11 is 0. The molecule has 2 aromatic rings. The summed E-state index contributed by atoms with van der Waals surface area (Å²) < 4.78 is 13.4. The van der Waals surface area contributed by atoms with E-state index in [1.165, 1.54) is 22.6 Å². The minimum atomic E-state index is -0.387. The lowest BCUT2D eigenvalue weighted by Gasteiger charge is -2.19. The number of amides is 3. The molecule has 1 aliphatic heterocycles. The Morgan fingerprint density at radius 1 is 1.22 bits per heavy atom. The van der Waals surface area contributed by atoms with Gasteiger partial charge in [-0.1, -0.05) is 36.4 Å². The third-order valence-corrected chi connectivity index (χ3v) is 4.67. The van der Waals surface area contributed by atoms with E-state index in [2.05, 4.69) is 22.8 Å². The second kappa shape index (κ2) is 8.66. The molecule has 0 bridgehead atoms. The third kappa shape index (κ3) is 5.29. The first kappa shape index (κ1) is 18.9. The number of carbonyl (C=O) groups is 2. The van der Waals surface area contributed by atoms with E-state index < -0.39 is 0 Å². The number of nitrogens with zero attached hydrogens (tertiary/aromatic N) is 1. The van der Waals surface area contributed by atoms with Gasteiger partial charge in [0.05, 0.1) is 6.04 Å². The largest absolute Gasteiger partial charge is 0.336 e. The predicted molar refractivity (Wildman–Crippen MR) is 103 cm³/mol. The van der Waals surface area contributed by atoms with Crippen molar-refractivity contribution >= 4 is 17.6 Å². The first-order valence-electron chi connectivity index (χ1n) is 9.18. The number of anilines is 1. The van der Waals surface area contributed by atoms with Gasteiger partial charge in [-0.15, -0.1) is 0 Å². The van der Waals surface area contributed by atoms with Gasteiger partial charge in [0.1, 0.15) is 5.82 Å². The van der Waals surface area contributed by atoms with Gasteiger partial charge >= 0.3 is 6.03 Å². The molecule has 1 fully saturated rings. The Morgan fingerprint density at radius 2 is 2.00 bits per heavy atom. The van der Waals surface area contributed by atoms with Gasteiger partial charge in [-0.3, -0.25) is 4.79 Å². The molecule has 3 amide bonds. The Hall–Kier alpha value is -2.89. The summed E-state index contributed by atoms with van der Waals surface area (Å²) in [7, 11) is 0. The standard InChI is InChI=1S/C21H24FN3O2/c1-15(10-11-16-6-3-2-4-7-16)23-21(27)24-18-13-20(26)25(14-18)19-9-5-8-17(22)12-19/h2-9,12,15,18H,10-11,13-14H2,1H3,(H2,23,24,27)/t15-,18-/m0/s1. The Labute approximate surface area is 158 Å². The first-order valence-corrected chi connectivity index (χ1v) is 9.18. The first-order chi connectivity index (χ1) is 13.0. The number of hydrogen-bond acceptors (Lipinski definition) is 2. The molecule has 0 unspecified atom stereocenters. The van der Waals surface area contributed by atoms with Crippen LogP contribution >= 0.6 is 0 Å². The van der Waals surface area contributed by atoms with E-state index in [4.69, 9.17) is 0 Å². The maximum atomic E-state index is 13.4. The molecule has 27 heavy (non-hydrogen) atoms. The molecular weight excluding hydrogens is 345 g/mol. The van der Waals surface area contributed by atoms with Crippen LogP contribution < -0.4 is 15.5 Å². The van der Waals surface area contributed by atoms with Gasteiger partial charge < -0.3 is 15.5 Å². The maximum absolute atomic E-state index is 13.4. The summed E-state index contributed by atoms with van der Waals surface area (Å²) in [6, 6.07) is 15.5. The van der Waals surface area contributed by atoms with Crippen LogP contribution in [0.5, 0.6) is 0 Å². The van der Waals surface area contributed by atoms with Gasteiger partial charge in [0.2, 0.25) is 5.91 Å². The smallest absolute Gasteiger partial charge is 0.315 e. The van der Waals surface area contributed by atoms with Crippen LogP contribution in [0.25, 0.3) is 0 Å². The molecule has 1 heterocycles. The van der Waals surface area contributed by atoms with Gasteiger partial charge in [0.25, 0.3) is 0 Å². The Bertz CT molecular complexity index is 797. The molecule has 0 aliphatic carbocycles. The normalized spacial score (nSPS) is 17.6. The van der Waals surface area contributed by atoms with E-state index in [0.29, 0.717) is 12.2 Å². The molecule has 0 saturated carbocycles. The Balaban J connectivity index is 1.46.